The number of benzene rings is 2. The highest BCUT2D eigenvalue weighted by Gasteiger charge is 2.16. The summed E-state index contributed by atoms with van der Waals surface area (Å²) in [4.78, 5) is 28.2. The Morgan fingerprint density at radius 3 is 2.55 bits per heavy atom. The van der Waals surface area contributed by atoms with Crippen molar-refractivity contribution in [3.63, 3.8) is 0 Å². The molecule has 1 aromatic heterocycles. The van der Waals surface area contributed by atoms with Crippen molar-refractivity contribution in [3.8, 4) is 11.5 Å². The van der Waals surface area contributed by atoms with Gasteiger partial charge in [-0.15, -0.1) is 0 Å². The first kappa shape index (κ1) is 19.1. The van der Waals surface area contributed by atoms with Crippen molar-refractivity contribution < 1.29 is 19.1 Å². The first-order valence-electron chi connectivity index (χ1n) is 8.99. The fourth-order valence-electron chi connectivity index (χ4n) is 3.01. The monoisotopic (exact) mass is 409 g/mol. The number of aromatic nitrogens is 1. The number of pyridine rings is 1. The lowest BCUT2D eigenvalue weighted by Crippen LogP contribution is -2.14. The number of anilines is 2. The predicted molar refractivity (Wildman–Crippen MR) is 113 cm³/mol. The van der Waals surface area contributed by atoms with Gasteiger partial charge in [0, 0.05) is 29.8 Å². The Hall–Kier alpha value is -3.26. The second-order valence-electron chi connectivity index (χ2n) is 6.61. The highest BCUT2D eigenvalue weighted by atomic mass is 32.2. The Morgan fingerprint density at radius 1 is 1.07 bits per heavy atom. The standard InChI is InChI=1S/C21H19N3O4S/c1-12-6-14-7-18-19(28-11-27-18)9-17(14)24-21(12)29-10-20(26)23-16-5-3-4-15(8-16)22-13(2)25/h3-9H,10-11H2,1-2H3,(H,22,25)(H,23,26). The summed E-state index contributed by atoms with van der Waals surface area (Å²) >= 11 is 1.37. The van der Waals surface area contributed by atoms with E-state index >= 15 is 0 Å². The first-order valence-corrected chi connectivity index (χ1v) is 9.98. The van der Waals surface area contributed by atoms with E-state index < -0.39 is 0 Å². The molecule has 0 fully saturated rings. The molecule has 0 atom stereocenters. The summed E-state index contributed by atoms with van der Waals surface area (Å²) < 4.78 is 10.8. The van der Waals surface area contributed by atoms with Crippen LogP contribution in [0.2, 0.25) is 0 Å². The van der Waals surface area contributed by atoms with Gasteiger partial charge in [-0.25, -0.2) is 4.98 Å². The molecule has 0 radical (unpaired) electrons. The van der Waals surface area contributed by atoms with Crippen molar-refractivity contribution in [3.05, 3.63) is 48.0 Å². The molecule has 2 N–H and O–H groups in total. The van der Waals surface area contributed by atoms with Crippen molar-refractivity contribution in [1.82, 2.24) is 4.98 Å². The van der Waals surface area contributed by atoms with Crippen LogP contribution in [0.5, 0.6) is 11.5 Å². The zero-order chi connectivity index (χ0) is 20.4. The van der Waals surface area contributed by atoms with Gasteiger partial charge >= 0.3 is 0 Å². The van der Waals surface area contributed by atoms with Crippen LogP contribution in [0, 0.1) is 6.92 Å². The maximum Gasteiger partial charge on any atom is 0.234 e. The molecular weight excluding hydrogens is 390 g/mol. The Bertz CT molecular complexity index is 1120. The average Bonchev–Trinajstić information content (AvgIpc) is 3.11. The zero-order valence-corrected chi connectivity index (χ0v) is 16.8. The summed E-state index contributed by atoms with van der Waals surface area (Å²) in [6.07, 6.45) is 0. The van der Waals surface area contributed by atoms with Crippen molar-refractivity contribution in [2.45, 2.75) is 18.9 Å². The van der Waals surface area contributed by atoms with Crippen LogP contribution in [0.25, 0.3) is 10.9 Å². The van der Waals surface area contributed by atoms with E-state index in [1.165, 1.54) is 18.7 Å². The van der Waals surface area contributed by atoms with E-state index in [1.54, 1.807) is 24.3 Å². The van der Waals surface area contributed by atoms with Crippen LogP contribution in [0.15, 0.2) is 47.5 Å². The van der Waals surface area contributed by atoms with Crippen LogP contribution in [0.4, 0.5) is 11.4 Å². The van der Waals surface area contributed by atoms with E-state index in [-0.39, 0.29) is 24.4 Å². The topological polar surface area (TPSA) is 89.6 Å². The van der Waals surface area contributed by atoms with Gasteiger partial charge in [-0.05, 0) is 42.8 Å². The summed E-state index contributed by atoms with van der Waals surface area (Å²) in [5.74, 6) is 1.31. The largest absolute Gasteiger partial charge is 0.454 e. The molecule has 0 saturated heterocycles. The molecule has 148 valence electrons. The lowest BCUT2D eigenvalue weighted by atomic mass is 10.1. The van der Waals surface area contributed by atoms with Crippen LogP contribution in [0.3, 0.4) is 0 Å². The number of nitrogens with one attached hydrogen (secondary N) is 2. The Labute approximate surface area is 171 Å². The van der Waals surface area contributed by atoms with Crippen LogP contribution in [-0.2, 0) is 9.59 Å². The number of ether oxygens (including phenoxy) is 2. The highest BCUT2D eigenvalue weighted by molar-refractivity contribution is 8.00. The van der Waals surface area contributed by atoms with E-state index in [2.05, 4.69) is 15.6 Å². The Morgan fingerprint density at radius 2 is 1.79 bits per heavy atom. The lowest BCUT2D eigenvalue weighted by molar-refractivity contribution is -0.114. The third-order valence-electron chi connectivity index (χ3n) is 4.26. The van der Waals surface area contributed by atoms with Gasteiger partial charge in [-0.1, -0.05) is 17.8 Å². The number of amides is 2. The molecule has 3 aromatic rings. The SMILES string of the molecule is CC(=O)Nc1cccc(NC(=O)CSc2nc3cc4c(cc3cc2C)OCO4)c1. The van der Waals surface area contributed by atoms with Crippen LogP contribution >= 0.6 is 11.8 Å². The molecule has 7 nitrogen and oxygen atoms in total. The summed E-state index contributed by atoms with van der Waals surface area (Å²) in [7, 11) is 0. The molecule has 29 heavy (non-hydrogen) atoms. The number of thioether (sulfide) groups is 1. The molecular formula is C21H19N3O4S. The molecule has 2 amide bonds. The fourth-order valence-corrected chi connectivity index (χ4v) is 3.80. The van der Waals surface area contributed by atoms with Crippen LogP contribution in [-0.4, -0.2) is 29.3 Å². The van der Waals surface area contributed by atoms with Crippen molar-refractivity contribution in [2.75, 3.05) is 23.2 Å². The van der Waals surface area contributed by atoms with Crippen LogP contribution < -0.4 is 20.1 Å². The summed E-state index contributed by atoms with van der Waals surface area (Å²) in [5, 5.41) is 7.29. The van der Waals surface area contributed by atoms with Gasteiger partial charge in [0.05, 0.1) is 11.3 Å². The molecule has 0 aliphatic carbocycles. The quantitative estimate of drug-likeness (QED) is 0.620. The van der Waals surface area contributed by atoms with Gasteiger partial charge in [-0.3, -0.25) is 9.59 Å². The number of hydrogen-bond acceptors (Lipinski definition) is 6. The van der Waals surface area contributed by atoms with Gasteiger partial charge in [0.1, 0.15) is 5.03 Å². The summed E-state index contributed by atoms with van der Waals surface area (Å²) in [6, 6.07) is 12.8. The predicted octanol–water partition coefficient (Wildman–Crippen LogP) is 3.96. The fraction of sp³-hybridized carbons (Fsp3) is 0.190. The third-order valence-corrected chi connectivity index (χ3v) is 5.35. The minimum Gasteiger partial charge on any atom is -0.454 e. The smallest absolute Gasteiger partial charge is 0.234 e. The Kier molecular flexibility index (Phi) is 5.26. The molecule has 1 aliphatic heterocycles. The third kappa shape index (κ3) is 4.43. The van der Waals surface area contributed by atoms with Crippen molar-refractivity contribution >= 4 is 45.9 Å². The second kappa shape index (κ2) is 8.00. The minimum absolute atomic E-state index is 0.151. The maximum atomic E-state index is 12.4. The lowest BCUT2D eigenvalue weighted by Gasteiger charge is -2.09. The number of carbonyl (C=O) groups excluding carboxylic acids is 2. The van der Waals surface area contributed by atoms with Gasteiger partial charge in [0.2, 0.25) is 18.6 Å². The zero-order valence-electron chi connectivity index (χ0n) is 15.9. The molecule has 0 unspecified atom stereocenters. The number of rotatable bonds is 5. The Balaban J connectivity index is 1.44. The van der Waals surface area contributed by atoms with E-state index in [0.717, 1.165) is 27.2 Å². The van der Waals surface area contributed by atoms with Gasteiger partial charge in [-0.2, -0.15) is 0 Å². The number of aryl methyl sites for hydroxylation is 1. The second-order valence-corrected chi connectivity index (χ2v) is 7.57. The number of fused-ring (bicyclic) bond motifs is 2. The van der Waals surface area contributed by atoms with Gasteiger partial charge in [0.25, 0.3) is 0 Å². The minimum atomic E-state index is -0.163. The van der Waals surface area contributed by atoms with E-state index in [4.69, 9.17) is 9.47 Å². The average molecular weight is 409 g/mol. The molecule has 2 aromatic carbocycles. The number of hydrogen-bond donors (Lipinski definition) is 2. The van der Waals surface area contributed by atoms with Crippen LogP contribution in [0.1, 0.15) is 12.5 Å². The first-order chi connectivity index (χ1) is 14.0. The van der Waals surface area contributed by atoms with E-state index in [9.17, 15) is 9.59 Å². The number of nitrogens with zero attached hydrogens (tertiary/aromatic N) is 1. The van der Waals surface area contributed by atoms with E-state index in [1.807, 2.05) is 25.1 Å². The molecule has 8 heteroatoms. The maximum absolute atomic E-state index is 12.4. The molecule has 0 spiro atoms. The van der Waals surface area contributed by atoms with Crippen molar-refractivity contribution in [1.29, 1.82) is 0 Å². The summed E-state index contributed by atoms with van der Waals surface area (Å²) in [5.41, 5.74) is 3.04. The van der Waals surface area contributed by atoms with E-state index in [0.29, 0.717) is 17.1 Å². The number of carbonyl (C=O) groups is 2. The molecule has 0 saturated carbocycles. The molecule has 0 bridgehead atoms. The van der Waals surface area contributed by atoms with Gasteiger partial charge in [0.15, 0.2) is 11.5 Å². The normalized spacial score (nSPS) is 12.1. The van der Waals surface area contributed by atoms with Gasteiger partial charge < -0.3 is 20.1 Å². The van der Waals surface area contributed by atoms with Crippen molar-refractivity contribution in [2.24, 2.45) is 0 Å². The molecule has 1 aliphatic rings. The molecule has 2 heterocycles. The highest BCUT2D eigenvalue weighted by Crippen LogP contribution is 2.36. The summed E-state index contributed by atoms with van der Waals surface area (Å²) in [6.45, 7) is 3.62. The molecule has 4 rings (SSSR count).